The van der Waals surface area contributed by atoms with Crippen molar-refractivity contribution in [2.75, 3.05) is 0 Å². The number of carbonyl (C=O) groups is 2. The van der Waals surface area contributed by atoms with Crippen molar-refractivity contribution in [3.8, 4) is 5.75 Å². The van der Waals surface area contributed by atoms with Gasteiger partial charge in [-0.25, -0.2) is 4.79 Å². The summed E-state index contributed by atoms with van der Waals surface area (Å²) in [7, 11) is 0. The van der Waals surface area contributed by atoms with Crippen molar-refractivity contribution in [3.05, 3.63) is 29.8 Å². The van der Waals surface area contributed by atoms with Crippen LogP contribution in [0.4, 0.5) is 4.79 Å². The number of aromatic hydroxyl groups is 1. The maximum absolute atomic E-state index is 10.9. The van der Waals surface area contributed by atoms with E-state index in [1.807, 2.05) is 0 Å². The Hall–Kier alpha value is -2.24. The zero-order valence-corrected chi connectivity index (χ0v) is 7.73. The second-order valence-corrected chi connectivity index (χ2v) is 2.90. The molecule has 6 heteroatoms. The van der Waals surface area contributed by atoms with E-state index in [-0.39, 0.29) is 5.75 Å². The summed E-state index contributed by atoms with van der Waals surface area (Å²) in [5.74, 6) is -0.937. The number of carbonyl (C=O) groups excluding carboxylic acids is 2. The standard InChI is InChI=1S/C9H10N3O3/c10-8(14)7(12-9(11)15)5-1-3-6(13)4-2-5/h1-4,7,10,13H,(H3,11,12,15). The van der Waals surface area contributed by atoms with E-state index in [0.717, 1.165) is 0 Å². The average Bonchev–Trinajstić information content (AvgIpc) is 2.15. The molecule has 0 aliphatic carbocycles. The number of amides is 3. The maximum atomic E-state index is 10.9. The second-order valence-electron chi connectivity index (χ2n) is 2.90. The van der Waals surface area contributed by atoms with Crippen LogP contribution in [0.15, 0.2) is 24.3 Å². The number of rotatable bonds is 3. The molecule has 15 heavy (non-hydrogen) atoms. The molecule has 0 aliphatic rings. The summed E-state index contributed by atoms with van der Waals surface area (Å²) in [5.41, 5.74) is 12.2. The molecule has 1 aromatic carbocycles. The molecule has 0 aromatic heterocycles. The van der Waals surface area contributed by atoms with Gasteiger partial charge in [0.05, 0.1) is 0 Å². The Balaban J connectivity index is 2.94. The van der Waals surface area contributed by atoms with Crippen molar-refractivity contribution in [1.29, 1.82) is 0 Å². The van der Waals surface area contributed by atoms with Gasteiger partial charge in [0.1, 0.15) is 11.8 Å². The molecule has 1 atom stereocenters. The van der Waals surface area contributed by atoms with Crippen LogP contribution < -0.4 is 16.8 Å². The van der Waals surface area contributed by atoms with Crippen LogP contribution in [0.5, 0.6) is 5.75 Å². The molecule has 0 bridgehead atoms. The molecule has 0 fully saturated rings. The van der Waals surface area contributed by atoms with Crippen molar-refractivity contribution in [3.63, 3.8) is 0 Å². The normalized spacial score (nSPS) is 11.7. The van der Waals surface area contributed by atoms with E-state index in [9.17, 15) is 9.59 Å². The van der Waals surface area contributed by atoms with Crippen molar-refractivity contribution < 1.29 is 14.7 Å². The van der Waals surface area contributed by atoms with Gasteiger partial charge in [0, 0.05) is 0 Å². The van der Waals surface area contributed by atoms with Crippen LogP contribution in [0.3, 0.4) is 0 Å². The lowest BCUT2D eigenvalue weighted by molar-refractivity contribution is -0.120. The third-order valence-electron chi connectivity index (χ3n) is 1.78. The highest BCUT2D eigenvalue weighted by atomic mass is 16.3. The second kappa shape index (κ2) is 4.32. The van der Waals surface area contributed by atoms with Crippen LogP contribution in [0.1, 0.15) is 11.6 Å². The number of primary amides is 1. The van der Waals surface area contributed by atoms with E-state index in [1.165, 1.54) is 24.3 Å². The minimum absolute atomic E-state index is 0.0361. The summed E-state index contributed by atoms with van der Waals surface area (Å²) in [5, 5.41) is 11.2. The lowest BCUT2D eigenvalue weighted by atomic mass is 10.1. The van der Waals surface area contributed by atoms with E-state index in [4.69, 9.17) is 16.6 Å². The fraction of sp³-hybridized carbons (Fsp3) is 0.111. The number of phenolic OH excluding ortho intramolecular Hbond substituents is 1. The number of nitrogens with one attached hydrogen (secondary N) is 2. The first-order valence-corrected chi connectivity index (χ1v) is 4.11. The Morgan fingerprint density at radius 2 is 1.87 bits per heavy atom. The molecule has 3 amide bonds. The average molecular weight is 208 g/mol. The van der Waals surface area contributed by atoms with Gasteiger partial charge in [-0.2, -0.15) is 0 Å². The summed E-state index contributed by atoms with van der Waals surface area (Å²) in [6.45, 7) is 0. The Morgan fingerprint density at radius 3 is 2.27 bits per heavy atom. The first-order valence-electron chi connectivity index (χ1n) is 4.11. The number of benzene rings is 1. The van der Waals surface area contributed by atoms with Crippen LogP contribution in [-0.4, -0.2) is 17.0 Å². The van der Waals surface area contributed by atoms with Gasteiger partial charge in [0.25, 0.3) is 5.91 Å². The first kappa shape index (κ1) is 10.8. The molecule has 0 aliphatic heterocycles. The molecule has 0 heterocycles. The summed E-state index contributed by atoms with van der Waals surface area (Å²) in [6.07, 6.45) is 0. The van der Waals surface area contributed by atoms with Gasteiger partial charge in [-0.3, -0.25) is 10.5 Å². The zero-order valence-electron chi connectivity index (χ0n) is 7.73. The van der Waals surface area contributed by atoms with Crippen molar-refractivity contribution in [1.82, 2.24) is 11.1 Å². The van der Waals surface area contributed by atoms with Crippen LogP contribution in [0, 0.1) is 0 Å². The van der Waals surface area contributed by atoms with Gasteiger partial charge in [-0.1, -0.05) is 12.1 Å². The summed E-state index contributed by atoms with van der Waals surface area (Å²) < 4.78 is 0. The third-order valence-corrected chi connectivity index (χ3v) is 1.78. The van der Waals surface area contributed by atoms with Gasteiger partial charge in [0.15, 0.2) is 0 Å². The van der Waals surface area contributed by atoms with Crippen LogP contribution in [-0.2, 0) is 4.79 Å². The molecule has 5 N–H and O–H groups in total. The molecule has 0 saturated carbocycles. The lowest BCUT2D eigenvalue weighted by Crippen LogP contribution is -2.37. The Morgan fingerprint density at radius 1 is 1.33 bits per heavy atom. The van der Waals surface area contributed by atoms with E-state index >= 15 is 0 Å². The molecule has 0 spiro atoms. The quantitative estimate of drug-likeness (QED) is 0.644. The summed E-state index contributed by atoms with van der Waals surface area (Å²) in [4.78, 5) is 21.5. The minimum atomic E-state index is -1.09. The number of nitrogens with two attached hydrogens (primary N) is 1. The molecule has 6 nitrogen and oxygen atoms in total. The number of urea groups is 1. The van der Waals surface area contributed by atoms with Gasteiger partial charge in [-0.05, 0) is 17.7 Å². The lowest BCUT2D eigenvalue weighted by Gasteiger charge is -2.13. The first-order chi connectivity index (χ1) is 7.00. The van der Waals surface area contributed by atoms with Crippen LogP contribution in [0.2, 0.25) is 0 Å². The highest BCUT2D eigenvalue weighted by Crippen LogP contribution is 2.16. The van der Waals surface area contributed by atoms with Gasteiger partial charge in [-0.15, -0.1) is 0 Å². The largest absolute Gasteiger partial charge is 0.508 e. The molecular formula is C9H10N3O3. The van der Waals surface area contributed by atoms with Crippen LogP contribution in [0.25, 0.3) is 0 Å². The smallest absolute Gasteiger partial charge is 0.313 e. The fourth-order valence-electron chi connectivity index (χ4n) is 1.11. The Kier molecular flexibility index (Phi) is 3.12. The van der Waals surface area contributed by atoms with Gasteiger partial charge in [0.2, 0.25) is 0 Å². The van der Waals surface area contributed by atoms with Crippen molar-refractivity contribution in [2.24, 2.45) is 5.73 Å². The summed E-state index contributed by atoms with van der Waals surface area (Å²) in [6, 6.07) is 3.60. The highest BCUT2D eigenvalue weighted by Gasteiger charge is 2.19. The number of hydrogen-bond donors (Lipinski definition) is 3. The molecule has 79 valence electrons. The molecule has 1 unspecified atom stereocenters. The predicted molar refractivity (Wildman–Crippen MR) is 51.7 cm³/mol. The monoisotopic (exact) mass is 208 g/mol. The van der Waals surface area contributed by atoms with E-state index in [1.54, 1.807) is 0 Å². The van der Waals surface area contributed by atoms with Crippen LogP contribution >= 0.6 is 0 Å². The third kappa shape index (κ3) is 2.87. The maximum Gasteiger partial charge on any atom is 0.313 e. The Labute approximate surface area is 85.9 Å². The topological polar surface area (TPSA) is 116 Å². The minimum Gasteiger partial charge on any atom is -0.508 e. The van der Waals surface area contributed by atoms with Crippen molar-refractivity contribution in [2.45, 2.75) is 6.04 Å². The number of phenols is 1. The van der Waals surface area contributed by atoms with E-state index in [0.29, 0.717) is 5.56 Å². The highest BCUT2D eigenvalue weighted by molar-refractivity contribution is 5.85. The Bertz CT molecular complexity index is 375. The SMILES string of the molecule is [NH]C(=O)C(NC(N)=O)c1ccc(O)cc1. The molecule has 1 aromatic rings. The molecule has 1 radical (unpaired) electrons. The summed E-state index contributed by atoms with van der Waals surface area (Å²) >= 11 is 0. The van der Waals surface area contributed by atoms with E-state index in [2.05, 4.69) is 5.32 Å². The predicted octanol–water partition coefficient (Wildman–Crippen LogP) is -0.0889. The van der Waals surface area contributed by atoms with E-state index < -0.39 is 18.0 Å². The van der Waals surface area contributed by atoms with Gasteiger partial charge >= 0.3 is 6.03 Å². The van der Waals surface area contributed by atoms with Crippen molar-refractivity contribution >= 4 is 11.9 Å². The molecule has 1 rings (SSSR count). The molecular weight excluding hydrogens is 198 g/mol. The fourth-order valence-corrected chi connectivity index (χ4v) is 1.11. The van der Waals surface area contributed by atoms with Gasteiger partial charge < -0.3 is 16.2 Å². The molecule has 0 saturated heterocycles. The zero-order chi connectivity index (χ0) is 11.4. The number of hydrogen-bond acceptors (Lipinski definition) is 3.